The Labute approximate surface area is 269 Å². The van der Waals surface area contributed by atoms with E-state index in [-0.39, 0.29) is 30.3 Å². The van der Waals surface area contributed by atoms with Crippen LogP contribution >= 0.6 is 22.9 Å². The second kappa shape index (κ2) is 14.0. The first-order valence-electron chi connectivity index (χ1n) is 14.4. The van der Waals surface area contributed by atoms with Gasteiger partial charge in [0.2, 0.25) is 0 Å². The molecule has 1 aliphatic rings. The van der Waals surface area contributed by atoms with Crippen LogP contribution < -0.4 is 29.7 Å². The molecule has 0 radical (unpaired) electrons. The number of carbonyl (C=O) groups is 2. The zero-order valence-corrected chi connectivity index (χ0v) is 26.8. The predicted octanol–water partition coefficient (Wildman–Crippen LogP) is 5.18. The molecule has 11 heteroatoms. The first kappa shape index (κ1) is 31.7. The van der Waals surface area contributed by atoms with Crippen LogP contribution in [0.25, 0.3) is 6.08 Å². The lowest BCUT2D eigenvalue weighted by Crippen LogP contribution is -2.40. The fraction of sp³-hybridized carbons (Fsp3) is 0.235. The summed E-state index contributed by atoms with van der Waals surface area (Å²) >= 11 is 7.79. The lowest BCUT2D eigenvalue weighted by Gasteiger charge is -2.25. The van der Waals surface area contributed by atoms with Crippen molar-refractivity contribution in [1.29, 1.82) is 0 Å². The first-order valence-corrected chi connectivity index (χ1v) is 15.6. The van der Waals surface area contributed by atoms with E-state index in [9.17, 15) is 14.4 Å². The minimum Gasteiger partial charge on any atom is -0.490 e. The molecule has 2 heterocycles. The number of nitrogens with zero attached hydrogens (tertiary/aromatic N) is 2. The number of aryl methyl sites for hydroxylation is 1. The van der Waals surface area contributed by atoms with Crippen molar-refractivity contribution in [2.24, 2.45) is 4.99 Å². The van der Waals surface area contributed by atoms with Crippen molar-refractivity contribution in [3.05, 3.63) is 119 Å². The van der Waals surface area contributed by atoms with E-state index >= 15 is 0 Å². The van der Waals surface area contributed by atoms with E-state index in [4.69, 9.17) is 25.8 Å². The molecule has 0 unspecified atom stereocenters. The van der Waals surface area contributed by atoms with Crippen LogP contribution in [-0.2, 0) is 14.3 Å². The Bertz CT molecular complexity index is 1980. The summed E-state index contributed by atoms with van der Waals surface area (Å²) in [6.45, 7) is 7.53. The normalized spacial score (nSPS) is 14.4. The number of hydrogen-bond donors (Lipinski definition) is 1. The highest BCUT2D eigenvalue weighted by molar-refractivity contribution is 7.07. The van der Waals surface area contributed by atoms with Gasteiger partial charge in [-0.15, -0.1) is 0 Å². The molecule has 0 spiro atoms. The Morgan fingerprint density at radius 2 is 1.76 bits per heavy atom. The second-order valence-corrected chi connectivity index (χ2v) is 11.5. The van der Waals surface area contributed by atoms with Gasteiger partial charge < -0.3 is 19.5 Å². The molecule has 3 aromatic carbocycles. The van der Waals surface area contributed by atoms with Gasteiger partial charge >= 0.3 is 5.97 Å². The predicted molar refractivity (Wildman–Crippen MR) is 175 cm³/mol. The van der Waals surface area contributed by atoms with E-state index in [0.29, 0.717) is 55.0 Å². The summed E-state index contributed by atoms with van der Waals surface area (Å²) in [7, 11) is 0. The molecule has 4 aromatic rings. The Kier molecular flexibility index (Phi) is 9.85. The lowest BCUT2D eigenvalue weighted by molar-refractivity contribution is -0.139. The molecular weight excluding hydrogens is 614 g/mol. The zero-order valence-electron chi connectivity index (χ0n) is 25.3. The van der Waals surface area contributed by atoms with Gasteiger partial charge in [0.1, 0.15) is 6.04 Å². The summed E-state index contributed by atoms with van der Waals surface area (Å²) in [4.78, 5) is 44.6. The third kappa shape index (κ3) is 6.87. The summed E-state index contributed by atoms with van der Waals surface area (Å²) in [5, 5.41) is 3.26. The van der Waals surface area contributed by atoms with Crippen LogP contribution in [0.1, 0.15) is 43.5 Å². The lowest BCUT2D eigenvalue weighted by atomic mass is 9.96. The van der Waals surface area contributed by atoms with Crippen LogP contribution in [0, 0.1) is 6.92 Å². The van der Waals surface area contributed by atoms with Gasteiger partial charge in [0.25, 0.3) is 11.5 Å². The summed E-state index contributed by atoms with van der Waals surface area (Å²) in [5.41, 5.74) is 3.32. The third-order valence-corrected chi connectivity index (χ3v) is 8.39. The van der Waals surface area contributed by atoms with Gasteiger partial charge in [-0.2, -0.15) is 0 Å². The average molecular weight is 646 g/mol. The first-order chi connectivity index (χ1) is 21.7. The quantitative estimate of drug-likeness (QED) is 0.238. The monoisotopic (exact) mass is 645 g/mol. The van der Waals surface area contributed by atoms with Gasteiger partial charge in [-0.25, -0.2) is 9.79 Å². The molecule has 1 amide bonds. The Balaban J connectivity index is 1.49. The number of ether oxygens (including phenoxy) is 3. The zero-order chi connectivity index (χ0) is 32.1. The molecule has 1 N–H and O–H groups in total. The maximum atomic E-state index is 13.9. The van der Waals surface area contributed by atoms with Crippen molar-refractivity contribution >= 4 is 46.6 Å². The summed E-state index contributed by atoms with van der Waals surface area (Å²) in [6.07, 6.45) is 1.73. The van der Waals surface area contributed by atoms with Crippen LogP contribution in [0.2, 0.25) is 5.02 Å². The van der Waals surface area contributed by atoms with Crippen molar-refractivity contribution in [1.82, 2.24) is 4.57 Å². The number of hydrogen-bond acceptors (Lipinski definition) is 8. The Morgan fingerprint density at radius 3 is 2.49 bits per heavy atom. The number of rotatable bonds is 10. The number of anilines is 1. The molecule has 1 aliphatic heterocycles. The fourth-order valence-electron chi connectivity index (χ4n) is 4.98. The van der Waals surface area contributed by atoms with Crippen LogP contribution in [-0.4, -0.2) is 36.3 Å². The van der Waals surface area contributed by atoms with Crippen molar-refractivity contribution in [2.75, 3.05) is 25.1 Å². The molecule has 232 valence electrons. The molecule has 1 aromatic heterocycles. The molecule has 0 saturated heterocycles. The van der Waals surface area contributed by atoms with Crippen LogP contribution in [0.3, 0.4) is 0 Å². The number of fused-ring (bicyclic) bond motifs is 1. The number of nitrogens with one attached hydrogen (secondary N) is 1. The van der Waals surface area contributed by atoms with Gasteiger partial charge in [-0.3, -0.25) is 14.2 Å². The van der Waals surface area contributed by atoms with Crippen molar-refractivity contribution in [3.8, 4) is 11.5 Å². The molecular formula is C34H32ClN3O6S. The molecule has 5 rings (SSSR count). The molecule has 0 fully saturated rings. The van der Waals surface area contributed by atoms with Crippen LogP contribution in [0.5, 0.6) is 11.5 Å². The summed E-state index contributed by atoms with van der Waals surface area (Å²) in [5.74, 6) is -0.0362. The van der Waals surface area contributed by atoms with Crippen LogP contribution in [0.15, 0.2) is 87.8 Å². The highest BCUT2D eigenvalue weighted by Gasteiger charge is 2.34. The highest BCUT2D eigenvalue weighted by atomic mass is 35.5. The molecule has 0 saturated carbocycles. The second-order valence-electron chi connectivity index (χ2n) is 10.1. The molecule has 9 nitrogen and oxygen atoms in total. The minimum absolute atomic E-state index is 0.175. The number of para-hydroxylation sites is 1. The van der Waals surface area contributed by atoms with Crippen molar-refractivity contribution in [3.63, 3.8) is 0 Å². The molecule has 0 bridgehead atoms. The van der Waals surface area contributed by atoms with E-state index < -0.39 is 12.0 Å². The van der Waals surface area contributed by atoms with Gasteiger partial charge in [0.15, 0.2) is 22.9 Å². The highest BCUT2D eigenvalue weighted by Crippen LogP contribution is 2.34. The van der Waals surface area contributed by atoms with E-state index in [0.717, 1.165) is 5.56 Å². The van der Waals surface area contributed by atoms with Gasteiger partial charge in [-0.05, 0) is 74.7 Å². The Hall–Kier alpha value is -4.67. The van der Waals surface area contributed by atoms with Crippen molar-refractivity contribution in [2.45, 2.75) is 33.7 Å². The topological polar surface area (TPSA) is 108 Å². The summed E-state index contributed by atoms with van der Waals surface area (Å²) in [6, 6.07) is 19.0. The largest absolute Gasteiger partial charge is 0.490 e. The van der Waals surface area contributed by atoms with E-state index in [1.807, 2.05) is 38.1 Å². The number of allylic oxidation sites excluding steroid dienone is 1. The number of aromatic nitrogens is 1. The third-order valence-electron chi connectivity index (χ3n) is 7.06. The standard InChI is InChI=1S/C34H32ClN3O6S/c1-5-42-27-17-22(15-16-26(27)44-19-29(39)37-25-14-10-7-11-20(25)3)18-28-32(40)38-31(23-12-8-9-13-24(23)35)30(33(41)43-6-2)21(4)36-34(38)45-28/h7-18,31H,5-6,19H2,1-4H3,(H,37,39)/b28-18+/t31-/m1/s1. The maximum Gasteiger partial charge on any atom is 0.338 e. The average Bonchev–Trinajstić information content (AvgIpc) is 3.31. The maximum absolute atomic E-state index is 13.9. The van der Waals surface area contributed by atoms with E-state index in [1.54, 1.807) is 62.4 Å². The van der Waals surface area contributed by atoms with Gasteiger partial charge in [0.05, 0.1) is 29.0 Å². The SMILES string of the molecule is CCOC(=O)C1=C(C)N=c2s/c(=C/c3ccc(OCC(=O)Nc4ccccc4C)c(OCC)c3)c(=O)n2[C@@H]1c1ccccc1Cl. The number of carbonyl (C=O) groups excluding carboxylic acids is 2. The van der Waals surface area contributed by atoms with E-state index in [2.05, 4.69) is 10.3 Å². The molecule has 0 aliphatic carbocycles. The van der Waals surface area contributed by atoms with Crippen LogP contribution in [0.4, 0.5) is 5.69 Å². The van der Waals surface area contributed by atoms with E-state index in [1.165, 1.54) is 15.9 Å². The van der Waals surface area contributed by atoms with Gasteiger partial charge in [-0.1, -0.05) is 65.4 Å². The number of esters is 1. The smallest absolute Gasteiger partial charge is 0.338 e. The van der Waals surface area contributed by atoms with Crippen molar-refractivity contribution < 1.29 is 23.8 Å². The van der Waals surface area contributed by atoms with Gasteiger partial charge in [0, 0.05) is 10.7 Å². The number of benzene rings is 3. The number of thiazole rings is 1. The fourth-order valence-corrected chi connectivity index (χ4v) is 6.26. The molecule has 1 atom stereocenters. The Morgan fingerprint density at radius 1 is 1.00 bits per heavy atom. The molecule has 45 heavy (non-hydrogen) atoms. The number of amides is 1. The number of halogens is 1. The summed E-state index contributed by atoms with van der Waals surface area (Å²) < 4.78 is 18.9. The minimum atomic E-state index is -0.809.